The quantitative estimate of drug-likeness (QED) is 0.250. The third kappa shape index (κ3) is 9.84. The molecule has 1 atom stereocenters. The van der Waals surface area contributed by atoms with Crippen LogP contribution in [0.3, 0.4) is 0 Å². The average Bonchev–Trinajstić information content (AvgIpc) is 2.94. The first-order valence-corrected chi connectivity index (χ1v) is 16.2. The van der Waals surface area contributed by atoms with Gasteiger partial charge in [0.05, 0.1) is 11.9 Å². The topological polar surface area (TPSA) is 86.8 Å². The summed E-state index contributed by atoms with van der Waals surface area (Å²) in [6.45, 7) is 6.37. The van der Waals surface area contributed by atoms with Crippen molar-refractivity contribution in [1.29, 1.82) is 0 Å². The smallest absolute Gasteiger partial charge is 0.243 e. The highest BCUT2D eigenvalue weighted by Crippen LogP contribution is 2.27. The zero-order chi connectivity index (χ0) is 30.9. The lowest BCUT2D eigenvalue weighted by Gasteiger charge is -2.32. The van der Waals surface area contributed by atoms with Gasteiger partial charge in [0.25, 0.3) is 0 Å². The molecule has 226 valence electrons. The molecule has 10 heteroatoms. The van der Waals surface area contributed by atoms with Crippen molar-refractivity contribution in [1.82, 2.24) is 10.2 Å². The molecule has 7 nitrogen and oxygen atoms in total. The zero-order valence-corrected chi connectivity index (χ0v) is 26.1. The molecule has 0 saturated carbocycles. The molecule has 3 aromatic carbocycles. The summed E-state index contributed by atoms with van der Waals surface area (Å²) in [4.78, 5) is 28.9. The highest BCUT2D eigenvalue weighted by Gasteiger charge is 2.30. The minimum atomic E-state index is -3.66. The second-order valence-corrected chi connectivity index (χ2v) is 13.2. The molecule has 3 aromatic rings. The molecular formula is C32H39ClFN3O4S. The van der Waals surface area contributed by atoms with E-state index in [4.69, 9.17) is 11.6 Å². The van der Waals surface area contributed by atoms with Crippen LogP contribution in [0.1, 0.15) is 43.4 Å². The lowest BCUT2D eigenvalue weighted by Crippen LogP contribution is -2.51. The maximum atomic E-state index is 13.9. The summed E-state index contributed by atoms with van der Waals surface area (Å²) in [7, 11) is -3.66. The first kappa shape index (κ1) is 33.1. The number of nitrogens with zero attached hydrogens (tertiary/aromatic N) is 2. The number of anilines is 1. The fourth-order valence-electron chi connectivity index (χ4n) is 4.60. The van der Waals surface area contributed by atoms with Gasteiger partial charge in [-0.3, -0.25) is 13.9 Å². The second-order valence-electron chi connectivity index (χ2n) is 10.9. The predicted octanol–water partition coefficient (Wildman–Crippen LogP) is 5.75. The summed E-state index contributed by atoms with van der Waals surface area (Å²) in [5.41, 5.74) is 2.75. The fourth-order valence-corrected chi connectivity index (χ4v) is 5.78. The van der Waals surface area contributed by atoms with E-state index in [1.54, 1.807) is 37.3 Å². The molecule has 0 saturated heterocycles. The lowest BCUT2D eigenvalue weighted by atomic mass is 10.0. The Balaban J connectivity index is 1.89. The number of halogens is 2. The standard InChI is InChI=1S/C32H39ClFN3O4S/c1-23(2)21-35-32(39)30(19-25-9-6-5-7-10-25)36(22-26-13-16-28(34)17-14-26)31(38)11-8-18-37(42(4,40)41)29-20-27(33)15-12-24(29)3/h5-7,9-10,12-17,20,23,30H,8,11,18-19,21-22H2,1-4H3,(H,35,39)/t30-/m1/s1. The monoisotopic (exact) mass is 615 g/mol. The number of aryl methyl sites for hydroxylation is 1. The average molecular weight is 616 g/mol. The summed E-state index contributed by atoms with van der Waals surface area (Å²) < 4.78 is 40.3. The van der Waals surface area contributed by atoms with E-state index in [1.807, 2.05) is 44.2 Å². The van der Waals surface area contributed by atoms with E-state index in [1.165, 1.54) is 21.3 Å². The van der Waals surface area contributed by atoms with Crippen LogP contribution in [0.25, 0.3) is 0 Å². The summed E-state index contributed by atoms with van der Waals surface area (Å²) in [5, 5.41) is 3.37. The maximum absolute atomic E-state index is 13.9. The molecule has 0 spiro atoms. The van der Waals surface area contributed by atoms with Gasteiger partial charge in [0.2, 0.25) is 21.8 Å². The highest BCUT2D eigenvalue weighted by molar-refractivity contribution is 7.92. The Morgan fingerprint density at radius 2 is 1.64 bits per heavy atom. The second kappa shape index (κ2) is 15.2. The van der Waals surface area contributed by atoms with E-state index in [-0.39, 0.29) is 50.1 Å². The molecule has 0 aliphatic rings. The number of sulfonamides is 1. The Morgan fingerprint density at radius 1 is 0.976 bits per heavy atom. The van der Waals surface area contributed by atoms with Crippen LogP contribution in [-0.2, 0) is 32.6 Å². The van der Waals surface area contributed by atoms with Crippen molar-refractivity contribution in [3.05, 3.63) is 100 Å². The Labute approximate surface area is 253 Å². The highest BCUT2D eigenvalue weighted by atomic mass is 35.5. The molecule has 0 bridgehead atoms. The van der Waals surface area contributed by atoms with Gasteiger partial charge in [0.1, 0.15) is 11.9 Å². The third-order valence-electron chi connectivity index (χ3n) is 6.81. The Morgan fingerprint density at radius 3 is 2.26 bits per heavy atom. The van der Waals surface area contributed by atoms with Gasteiger partial charge in [0.15, 0.2) is 0 Å². The van der Waals surface area contributed by atoms with Crippen LogP contribution >= 0.6 is 11.6 Å². The first-order valence-electron chi connectivity index (χ1n) is 13.9. The SMILES string of the molecule is Cc1ccc(Cl)cc1N(CCCC(=O)N(Cc1ccc(F)cc1)[C@H](Cc1ccccc1)C(=O)NCC(C)C)S(C)(=O)=O. The molecule has 0 aliphatic heterocycles. The number of hydrogen-bond acceptors (Lipinski definition) is 4. The van der Waals surface area contributed by atoms with Gasteiger partial charge in [-0.25, -0.2) is 12.8 Å². The number of carbonyl (C=O) groups is 2. The van der Waals surface area contributed by atoms with Crippen molar-refractivity contribution in [2.75, 3.05) is 23.7 Å². The number of amides is 2. The van der Waals surface area contributed by atoms with Crippen molar-refractivity contribution in [2.24, 2.45) is 5.92 Å². The van der Waals surface area contributed by atoms with Gasteiger partial charge in [-0.15, -0.1) is 0 Å². The van der Waals surface area contributed by atoms with E-state index in [0.29, 0.717) is 22.8 Å². The van der Waals surface area contributed by atoms with Crippen LogP contribution in [0.2, 0.25) is 5.02 Å². The molecule has 1 N–H and O–H groups in total. The molecule has 0 heterocycles. The van der Waals surface area contributed by atoms with E-state index in [0.717, 1.165) is 17.4 Å². The van der Waals surface area contributed by atoms with E-state index in [2.05, 4.69) is 5.32 Å². The van der Waals surface area contributed by atoms with Gasteiger partial charge < -0.3 is 10.2 Å². The summed E-state index contributed by atoms with van der Waals surface area (Å²) in [5.74, 6) is -0.777. The van der Waals surface area contributed by atoms with Crippen LogP contribution in [0.5, 0.6) is 0 Å². The predicted molar refractivity (Wildman–Crippen MR) is 166 cm³/mol. The Hall–Kier alpha value is -3.43. The van der Waals surface area contributed by atoms with Crippen LogP contribution in [-0.4, -0.2) is 50.5 Å². The fraction of sp³-hybridized carbons (Fsp3) is 0.375. The van der Waals surface area contributed by atoms with Crippen LogP contribution < -0.4 is 9.62 Å². The molecule has 0 aromatic heterocycles. The van der Waals surface area contributed by atoms with Crippen molar-refractivity contribution < 1.29 is 22.4 Å². The molecular weight excluding hydrogens is 577 g/mol. The zero-order valence-electron chi connectivity index (χ0n) is 24.5. The van der Waals surface area contributed by atoms with Gasteiger partial charge in [-0.1, -0.05) is 74.0 Å². The number of benzene rings is 3. The Kier molecular flexibility index (Phi) is 11.9. The third-order valence-corrected chi connectivity index (χ3v) is 8.23. The van der Waals surface area contributed by atoms with Crippen molar-refractivity contribution >= 4 is 39.1 Å². The molecule has 2 amide bonds. The van der Waals surface area contributed by atoms with Crippen molar-refractivity contribution in [3.8, 4) is 0 Å². The van der Waals surface area contributed by atoms with Gasteiger partial charge in [-0.2, -0.15) is 0 Å². The molecule has 42 heavy (non-hydrogen) atoms. The van der Waals surface area contributed by atoms with E-state index < -0.39 is 21.9 Å². The molecule has 0 aliphatic carbocycles. The summed E-state index contributed by atoms with van der Waals surface area (Å²) in [6.07, 6.45) is 1.61. The largest absolute Gasteiger partial charge is 0.354 e. The normalized spacial score (nSPS) is 12.2. The van der Waals surface area contributed by atoms with E-state index in [9.17, 15) is 22.4 Å². The number of rotatable bonds is 14. The van der Waals surface area contributed by atoms with Crippen molar-refractivity contribution in [3.63, 3.8) is 0 Å². The maximum Gasteiger partial charge on any atom is 0.243 e. The lowest BCUT2D eigenvalue weighted by molar-refractivity contribution is -0.141. The summed E-state index contributed by atoms with van der Waals surface area (Å²) >= 11 is 6.16. The molecule has 0 fully saturated rings. The van der Waals surface area contributed by atoms with Crippen molar-refractivity contribution in [2.45, 2.75) is 52.6 Å². The van der Waals surface area contributed by atoms with Gasteiger partial charge in [-0.05, 0) is 60.2 Å². The molecule has 3 rings (SSSR count). The molecule has 0 radical (unpaired) electrons. The number of carbonyl (C=O) groups excluding carboxylic acids is 2. The van der Waals surface area contributed by atoms with E-state index >= 15 is 0 Å². The first-order chi connectivity index (χ1) is 19.8. The summed E-state index contributed by atoms with van der Waals surface area (Å²) in [6, 6.07) is 19.5. The van der Waals surface area contributed by atoms with Gasteiger partial charge in [0, 0.05) is 37.5 Å². The van der Waals surface area contributed by atoms with Crippen LogP contribution in [0, 0.1) is 18.7 Å². The molecule has 0 unspecified atom stereocenters. The van der Waals surface area contributed by atoms with Crippen LogP contribution in [0.4, 0.5) is 10.1 Å². The van der Waals surface area contributed by atoms with Crippen LogP contribution in [0.15, 0.2) is 72.8 Å². The number of nitrogens with one attached hydrogen (secondary N) is 1. The minimum Gasteiger partial charge on any atom is -0.354 e. The van der Waals surface area contributed by atoms with Gasteiger partial charge >= 0.3 is 0 Å². The Bertz CT molecular complexity index is 1450. The minimum absolute atomic E-state index is 0.00439. The number of hydrogen-bond donors (Lipinski definition) is 1.